The molecule has 0 aromatic heterocycles. The van der Waals surface area contributed by atoms with E-state index in [-0.39, 0.29) is 25.7 Å². The Bertz CT molecular complexity index is 1730. The molecule has 0 spiro atoms. The monoisotopic (exact) mass is 1240 g/mol. The van der Waals surface area contributed by atoms with Gasteiger partial charge in [0.25, 0.3) is 0 Å². The molecule has 0 bridgehead atoms. The predicted octanol–water partition coefficient (Wildman–Crippen LogP) is 17.7. The van der Waals surface area contributed by atoms with Crippen LogP contribution in [0.2, 0.25) is 0 Å². The van der Waals surface area contributed by atoms with Crippen LogP contribution in [0.15, 0.2) is 24.3 Å². The molecule has 0 heterocycles. The minimum atomic E-state index is -4.95. The molecule has 0 saturated carbocycles. The fraction of sp³-hybridized carbons (Fsp3) is 0.877. The maximum atomic E-state index is 13.0. The number of hydrogen-bond acceptors (Lipinski definition) is 15. The van der Waals surface area contributed by atoms with E-state index in [0.29, 0.717) is 25.7 Å². The van der Waals surface area contributed by atoms with Gasteiger partial charge in [-0.15, -0.1) is 0 Å². The van der Waals surface area contributed by atoms with Gasteiger partial charge in [-0.2, -0.15) is 0 Å². The second-order valence-corrected chi connectivity index (χ2v) is 26.0. The summed E-state index contributed by atoms with van der Waals surface area (Å²) in [6.07, 6.45) is 45.2. The zero-order chi connectivity index (χ0) is 62.0. The van der Waals surface area contributed by atoms with Gasteiger partial charge < -0.3 is 33.8 Å². The number of unbranched alkanes of at least 4 members (excludes halogenated alkanes) is 31. The minimum absolute atomic E-state index is 0.0841. The highest BCUT2D eigenvalue weighted by molar-refractivity contribution is 7.47. The maximum Gasteiger partial charge on any atom is 0.472 e. The fourth-order valence-corrected chi connectivity index (χ4v) is 10.8. The molecule has 494 valence electrons. The molecule has 3 unspecified atom stereocenters. The number of aliphatic hydroxyl groups is 1. The summed E-state index contributed by atoms with van der Waals surface area (Å²) in [5, 5.41) is 10.5. The van der Waals surface area contributed by atoms with Gasteiger partial charge in [-0.05, 0) is 57.3 Å². The highest BCUT2D eigenvalue weighted by Gasteiger charge is 2.30. The van der Waals surface area contributed by atoms with Crippen LogP contribution in [-0.2, 0) is 65.4 Å². The molecule has 17 nitrogen and oxygen atoms in total. The van der Waals surface area contributed by atoms with Crippen LogP contribution in [-0.4, -0.2) is 96.7 Å². The predicted molar refractivity (Wildman–Crippen MR) is 335 cm³/mol. The Hall–Kier alpha value is -2.46. The van der Waals surface area contributed by atoms with E-state index in [4.69, 9.17) is 37.0 Å². The molecule has 0 amide bonds. The third-order valence-electron chi connectivity index (χ3n) is 14.8. The van der Waals surface area contributed by atoms with E-state index in [9.17, 15) is 43.2 Å². The number of ether oxygens (including phenoxy) is 4. The Labute approximate surface area is 510 Å². The Morgan fingerprint density at radius 2 is 0.667 bits per heavy atom. The Morgan fingerprint density at radius 3 is 1.01 bits per heavy atom. The van der Waals surface area contributed by atoms with Crippen LogP contribution < -0.4 is 0 Å². The summed E-state index contributed by atoms with van der Waals surface area (Å²) in [5.41, 5.74) is 0. The number of rotatable bonds is 63. The minimum Gasteiger partial charge on any atom is -0.462 e. The zero-order valence-electron chi connectivity index (χ0n) is 53.5. The normalized spacial score (nSPS) is 14.7. The van der Waals surface area contributed by atoms with Gasteiger partial charge in [-0.3, -0.25) is 37.3 Å². The quantitative estimate of drug-likeness (QED) is 0.0169. The van der Waals surface area contributed by atoms with Crippen molar-refractivity contribution in [1.29, 1.82) is 0 Å². The zero-order valence-corrected chi connectivity index (χ0v) is 55.3. The number of esters is 4. The van der Waals surface area contributed by atoms with Crippen molar-refractivity contribution >= 4 is 39.5 Å². The first kappa shape index (κ1) is 81.5. The standard InChI is InChI=1S/C65H122O17P2/c1-6-10-13-16-19-22-24-25-26-27-28-31-34-41-46-51-65(70)82-61(55-76-63(68)49-44-39-36-35-37-42-47-58(5)9-4)57-80-84(73,74)78-53-59(66)52-77-83(71,72)79-56-60(54-75-62(67)48-43-38-32-29-21-18-15-12-8-3)81-64(69)50-45-40-33-30-23-20-17-14-11-7-2/h22,24-26,58-61,66H,6-21,23,27-57H2,1-5H3,(H,71,72)(H,73,74)/b24-22-,26-25-/t58?,59-,60+,61+/m0/s1. The SMILES string of the molecule is CCCCCC/C=C\C=C/CCCCCCCC(=O)O[C@H](COC(=O)CCCCCCCCC(C)CC)COP(=O)(O)OC[C@@H](O)COP(=O)(O)OC[C@@H](COC(=O)CCCCCCCCCCC)OC(=O)CCCCCCCCCCCC. The number of carbonyl (C=O) groups is 4. The topological polar surface area (TPSA) is 237 Å². The summed E-state index contributed by atoms with van der Waals surface area (Å²) < 4.78 is 67.9. The molecule has 6 atom stereocenters. The van der Waals surface area contributed by atoms with Crippen LogP contribution in [0.3, 0.4) is 0 Å². The lowest BCUT2D eigenvalue weighted by Crippen LogP contribution is -2.30. The van der Waals surface area contributed by atoms with Gasteiger partial charge in [0.05, 0.1) is 26.4 Å². The highest BCUT2D eigenvalue weighted by Crippen LogP contribution is 2.45. The molecular weight excluding hydrogens is 1110 g/mol. The van der Waals surface area contributed by atoms with Gasteiger partial charge in [0.15, 0.2) is 12.2 Å². The Kier molecular flexibility index (Phi) is 56.5. The lowest BCUT2D eigenvalue weighted by Gasteiger charge is -2.21. The fourth-order valence-electron chi connectivity index (χ4n) is 9.19. The van der Waals surface area contributed by atoms with Crippen molar-refractivity contribution in [2.24, 2.45) is 5.92 Å². The van der Waals surface area contributed by atoms with Gasteiger partial charge in [-0.1, -0.05) is 252 Å². The van der Waals surface area contributed by atoms with E-state index >= 15 is 0 Å². The summed E-state index contributed by atoms with van der Waals surface area (Å²) in [5.74, 6) is -1.44. The molecule has 19 heteroatoms. The maximum absolute atomic E-state index is 13.0. The van der Waals surface area contributed by atoms with Crippen molar-refractivity contribution in [2.75, 3.05) is 39.6 Å². The second-order valence-electron chi connectivity index (χ2n) is 23.1. The molecule has 0 radical (unpaired) electrons. The molecule has 0 aliphatic heterocycles. The van der Waals surface area contributed by atoms with Crippen molar-refractivity contribution in [3.63, 3.8) is 0 Å². The van der Waals surface area contributed by atoms with Crippen molar-refractivity contribution in [1.82, 2.24) is 0 Å². The highest BCUT2D eigenvalue weighted by atomic mass is 31.2. The van der Waals surface area contributed by atoms with E-state index in [1.54, 1.807) is 0 Å². The summed E-state index contributed by atoms with van der Waals surface area (Å²) in [4.78, 5) is 72.2. The number of allylic oxidation sites excluding steroid dienone is 4. The van der Waals surface area contributed by atoms with E-state index in [1.165, 1.54) is 109 Å². The number of aliphatic hydroxyl groups excluding tert-OH is 1. The van der Waals surface area contributed by atoms with Gasteiger partial charge >= 0.3 is 39.5 Å². The average Bonchev–Trinajstić information content (AvgIpc) is 3.49. The van der Waals surface area contributed by atoms with Crippen molar-refractivity contribution < 1.29 is 80.2 Å². The van der Waals surface area contributed by atoms with Crippen LogP contribution in [0.5, 0.6) is 0 Å². The molecule has 0 aliphatic carbocycles. The smallest absolute Gasteiger partial charge is 0.462 e. The first-order chi connectivity index (χ1) is 40.6. The van der Waals surface area contributed by atoms with Gasteiger partial charge in [0.2, 0.25) is 0 Å². The largest absolute Gasteiger partial charge is 0.472 e. The van der Waals surface area contributed by atoms with E-state index in [2.05, 4.69) is 58.9 Å². The van der Waals surface area contributed by atoms with Crippen LogP contribution >= 0.6 is 15.6 Å². The molecule has 3 N–H and O–H groups in total. The average molecular weight is 1240 g/mol. The van der Waals surface area contributed by atoms with Gasteiger partial charge in [-0.25, -0.2) is 9.13 Å². The summed E-state index contributed by atoms with van der Waals surface area (Å²) >= 11 is 0. The molecule has 0 saturated heterocycles. The molecule has 0 aromatic rings. The first-order valence-electron chi connectivity index (χ1n) is 33.5. The van der Waals surface area contributed by atoms with Gasteiger partial charge in [0.1, 0.15) is 19.3 Å². The van der Waals surface area contributed by atoms with Crippen molar-refractivity contribution in [3.8, 4) is 0 Å². The molecular formula is C65H122O17P2. The summed E-state index contributed by atoms with van der Waals surface area (Å²) in [6, 6.07) is 0. The number of phosphoric acid groups is 2. The summed E-state index contributed by atoms with van der Waals surface area (Å²) in [6.45, 7) is 7.07. The number of carbonyl (C=O) groups excluding carboxylic acids is 4. The van der Waals surface area contributed by atoms with Crippen LogP contribution in [0.25, 0.3) is 0 Å². The summed E-state index contributed by atoms with van der Waals surface area (Å²) in [7, 11) is -9.90. The van der Waals surface area contributed by atoms with E-state index in [0.717, 1.165) is 115 Å². The van der Waals surface area contributed by atoms with Crippen molar-refractivity contribution in [2.45, 2.75) is 323 Å². The van der Waals surface area contributed by atoms with Crippen molar-refractivity contribution in [3.05, 3.63) is 24.3 Å². The lowest BCUT2D eigenvalue weighted by atomic mass is 10.00. The van der Waals surface area contributed by atoms with Crippen LogP contribution in [0, 0.1) is 5.92 Å². The van der Waals surface area contributed by atoms with Crippen LogP contribution in [0.1, 0.15) is 304 Å². The van der Waals surface area contributed by atoms with E-state index < -0.39 is 97.5 Å². The number of phosphoric ester groups is 2. The molecule has 0 fully saturated rings. The molecule has 0 rings (SSSR count). The Morgan fingerprint density at radius 1 is 0.381 bits per heavy atom. The van der Waals surface area contributed by atoms with Crippen LogP contribution in [0.4, 0.5) is 0 Å². The number of hydrogen-bond donors (Lipinski definition) is 3. The molecule has 0 aliphatic rings. The lowest BCUT2D eigenvalue weighted by molar-refractivity contribution is -0.161. The van der Waals surface area contributed by atoms with E-state index in [1.807, 2.05) is 0 Å². The third-order valence-corrected chi connectivity index (χ3v) is 16.7. The Balaban J connectivity index is 5.27. The molecule has 84 heavy (non-hydrogen) atoms. The first-order valence-corrected chi connectivity index (χ1v) is 36.5. The molecule has 0 aromatic carbocycles. The second kappa shape index (κ2) is 58.2. The van der Waals surface area contributed by atoms with Gasteiger partial charge in [0, 0.05) is 25.7 Å². The third kappa shape index (κ3) is 57.3.